The van der Waals surface area contributed by atoms with Crippen LogP contribution in [0.1, 0.15) is 49.6 Å². The third-order valence-corrected chi connectivity index (χ3v) is 10.7. The van der Waals surface area contributed by atoms with Crippen LogP contribution in [-0.4, -0.2) is 97.2 Å². The van der Waals surface area contributed by atoms with Gasteiger partial charge in [0.1, 0.15) is 47.4 Å². The molecule has 1 aromatic carbocycles. The summed E-state index contributed by atoms with van der Waals surface area (Å²) in [5, 5.41) is 19.4. The van der Waals surface area contributed by atoms with Crippen LogP contribution in [0.3, 0.4) is 0 Å². The number of guanidine groups is 1. The van der Waals surface area contributed by atoms with Crippen molar-refractivity contribution in [1.82, 2.24) is 29.9 Å². The molecule has 3 aromatic heterocycles. The lowest BCUT2D eigenvalue weighted by Crippen LogP contribution is -2.71. The monoisotopic (exact) mass is 885 g/mol. The predicted molar refractivity (Wildman–Crippen MR) is 224 cm³/mol. The number of ether oxygens (including phenoxy) is 3. The number of carbonyl (C=O) groups excluding carboxylic acids is 5. The second kappa shape index (κ2) is 19.4. The Balaban J connectivity index is 1.20. The number of pyridine rings is 1. The highest BCUT2D eigenvalue weighted by atomic mass is 32.2. The van der Waals surface area contributed by atoms with E-state index in [0.717, 1.165) is 17.1 Å². The summed E-state index contributed by atoms with van der Waals surface area (Å²) in [6.07, 6.45) is 5.93. The number of fused-ring (bicyclic) bond motifs is 1. The van der Waals surface area contributed by atoms with E-state index in [9.17, 15) is 24.0 Å². The van der Waals surface area contributed by atoms with E-state index in [1.165, 1.54) is 22.9 Å². The van der Waals surface area contributed by atoms with Gasteiger partial charge in [-0.25, -0.2) is 14.2 Å². The minimum atomic E-state index is -1.07. The van der Waals surface area contributed by atoms with Crippen molar-refractivity contribution in [3.8, 4) is 23.1 Å². The zero-order valence-electron chi connectivity index (χ0n) is 34.0. The molecular weight excluding hydrogens is 845 g/mol. The van der Waals surface area contributed by atoms with Gasteiger partial charge < -0.3 is 35.1 Å². The van der Waals surface area contributed by atoms with Gasteiger partial charge in [-0.15, -0.1) is 16.8 Å². The van der Waals surface area contributed by atoms with Crippen molar-refractivity contribution in [2.24, 2.45) is 15.9 Å². The van der Waals surface area contributed by atoms with E-state index in [0.29, 0.717) is 28.2 Å². The minimum absolute atomic E-state index is 0.0387. The smallest absolute Gasteiger partial charge is 0.414 e. The van der Waals surface area contributed by atoms with Gasteiger partial charge in [0.15, 0.2) is 18.9 Å². The number of nitriles is 1. The fourth-order valence-corrected chi connectivity index (χ4v) is 7.84. The number of rotatable bonds is 14. The van der Waals surface area contributed by atoms with Crippen molar-refractivity contribution < 1.29 is 47.6 Å². The van der Waals surface area contributed by atoms with E-state index in [1.807, 2.05) is 16.7 Å². The van der Waals surface area contributed by atoms with Crippen LogP contribution in [0.25, 0.3) is 11.1 Å². The maximum Gasteiger partial charge on any atom is 0.414 e. The van der Waals surface area contributed by atoms with E-state index in [-0.39, 0.29) is 53.8 Å². The Morgan fingerprint density at radius 1 is 1.13 bits per heavy atom. The number of oxime groups is 1. The van der Waals surface area contributed by atoms with Gasteiger partial charge in [-0.05, 0) is 57.0 Å². The summed E-state index contributed by atoms with van der Waals surface area (Å²) >= 11 is 2.13. The summed E-state index contributed by atoms with van der Waals surface area (Å²) in [4.78, 5) is 83.3. The van der Waals surface area contributed by atoms with Crippen molar-refractivity contribution in [2.45, 2.75) is 57.9 Å². The maximum absolute atomic E-state index is 14.0. The van der Waals surface area contributed by atoms with Gasteiger partial charge in [0, 0.05) is 46.8 Å². The Labute approximate surface area is 362 Å². The Hall–Kier alpha value is -7.32. The number of hydrogen-bond donors (Lipinski definition) is 5. The minimum Gasteiger partial charge on any atom is -0.497 e. The van der Waals surface area contributed by atoms with Gasteiger partial charge >= 0.3 is 12.1 Å². The van der Waals surface area contributed by atoms with Crippen LogP contribution in [0.2, 0.25) is 0 Å². The molecule has 0 bridgehead atoms. The predicted octanol–water partition coefficient (Wildman–Crippen LogP) is 2.54. The van der Waals surface area contributed by atoms with E-state index < -0.39 is 46.8 Å². The molecule has 1 fully saturated rings. The fraction of sp³-hybridized carbons (Fsp3) is 0.308. The molecule has 0 spiro atoms. The number of hydrogen-bond acceptors (Lipinski definition) is 16. The first-order valence-corrected chi connectivity index (χ1v) is 20.5. The normalized spacial score (nSPS) is 16.3. The molecule has 6 rings (SSSR count). The van der Waals surface area contributed by atoms with E-state index >= 15 is 0 Å². The highest BCUT2D eigenvalue weighted by Gasteiger charge is 2.55. The number of aromatic nitrogens is 4. The third kappa shape index (κ3) is 10.7. The molecule has 0 saturated carbocycles. The van der Waals surface area contributed by atoms with E-state index in [2.05, 4.69) is 40.4 Å². The summed E-state index contributed by atoms with van der Waals surface area (Å²) in [7, 11) is 1.54. The molecule has 2 atom stereocenters. The molecule has 5 heterocycles. The SMILES string of the molecule is CCON=C(C(=O)NC1C(=O)N2C(C(=O)OCc3ccc(OC)cc3)=C(C[n+]3ccc(-c4c[nH]c(C(=O)NC(N)=NC#N)c4)cc3)CSC12)c1nsc(NC(=O)OC(C)(C)C)n1. The molecule has 62 heavy (non-hydrogen) atoms. The number of aromatic amines is 1. The first kappa shape index (κ1) is 44.2. The molecule has 23 heteroatoms. The lowest BCUT2D eigenvalue weighted by Gasteiger charge is -2.49. The highest BCUT2D eigenvalue weighted by Crippen LogP contribution is 2.41. The van der Waals surface area contributed by atoms with Gasteiger partial charge in [0.2, 0.25) is 28.8 Å². The summed E-state index contributed by atoms with van der Waals surface area (Å²) in [5.74, 6) is -2.26. The fourth-order valence-electron chi connectivity index (χ4n) is 5.95. The lowest BCUT2D eigenvalue weighted by molar-refractivity contribution is -0.689. The highest BCUT2D eigenvalue weighted by molar-refractivity contribution is 8.00. The summed E-state index contributed by atoms with van der Waals surface area (Å²) in [6, 6.07) is 11.1. The first-order chi connectivity index (χ1) is 29.7. The number of esters is 1. The number of nitrogens with zero attached hydrogens (tertiary/aromatic N) is 7. The van der Waals surface area contributed by atoms with Gasteiger partial charge in [-0.3, -0.25) is 29.9 Å². The number of anilines is 1. The number of carbonyl (C=O) groups is 5. The van der Waals surface area contributed by atoms with Crippen LogP contribution >= 0.6 is 23.3 Å². The van der Waals surface area contributed by atoms with E-state index in [1.54, 1.807) is 83.7 Å². The molecule has 0 aliphatic carbocycles. The molecule has 1 saturated heterocycles. The zero-order chi connectivity index (χ0) is 44.6. The van der Waals surface area contributed by atoms with Gasteiger partial charge in [-0.1, -0.05) is 17.3 Å². The third-order valence-electron chi connectivity index (χ3n) is 8.74. The van der Waals surface area contributed by atoms with Crippen LogP contribution in [0, 0.1) is 11.5 Å². The molecule has 2 unspecified atom stereocenters. The van der Waals surface area contributed by atoms with Gasteiger partial charge in [0.05, 0.1) is 7.11 Å². The van der Waals surface area contributed by atoms with Crippen molar-refractivity contribution in [3.05, 3.63) is 89.4 Å². The molecule has 2 aliphatic heterocycles. The topological polar surface area (TPSA) is 282 Å². The standard InChI is InChI=1S/C39H40N12O9S2/c1-6-59-48-27(30-45-37(62-49-30)47-38(56)60-39(2,3)4)32(53)44-28-33(54)51-29(35(55)58-18-21-7-9-25(57-5)10-8-21)24(19-61-34(28)51)17-50-13-11-22(12-14-50)23-15-26(42-16-23)31(52)46-36(41)43-20-40/h7-16,28,34H,6,17-19H2,1-5H3,(H5,41,43,44,45,46,47,49,52,53,56)/p+1. The quantitative estimate of drug-likeness (QED) is 0.0232. The number of thioether (sulfide) groups is 1. The number of aliphatic imine (C=N–C) groups is 1. The average Bonchev–Trinajstić information content (AvgIpc) is 3.92. The van der Waals surface area contributed by atoms with Crippen molar-refractivity contribution in [1.29, 1.82) is 5.26 Å². The van der Waals surface area contributed by atoms with Crippen molar-refractivity contribution in [2.75, 3.05) is 24.8 Å². The summed E-state index contributed by atoms with van der Waals surface area (Å²) in [5.41, 5.74) is 7.39. The van der Waals surface area contributed by atoms with Crippen LogP contribution in [0.15, 0.2) is 82.5 Å². The Bertz CT molecular complexity index is 2490. The molecule has 4 aromatic rings. The van der Waals surface area contributed by atoms with Crippen LogP contribution in [-0.2, 0) is 41.8 Å². The molecule has 0 radical (unpaired) electrons. The number of nitrogens with two attached hydrogens (primary N) is 1. The van der Waals surface area contributed by atoms with Gasteiger partial charge in [-0.2, -0.15) is 14.6 Å². The number of amides is 4. The number of nitrogens with one attached hydrogen (secondary N) is 4. The molecule has 21 nitrogen and oxygen atoms in total. The molecule has 4 amide bonds. The van der Waals surface area contributed by atoms with Gasteiger partial charge in [0.25, 0.3) is 17.7 Å². The first-order valence-electron chi connectivity index (χ1n) is 18.7. The Kier molecular flexibility index (Phi) is 13.8. The summed E-state index contributed by atoms with van der Waals surface area (Å²) in [6.45, 7) is 7.00. The Morgan fingerprint density at radius 3 is 2.55 bits per heavy atom. The van der Waals surface area contributed by atoms with Crippen LogP contribution in [0.4, 0.5) is 9.93 Å². The van der Waals surface area contributed by atoms with Crippen LogP contribution in [0.5, 0.6) is 5.75 Å². The number of benzene rings is 1. The largest absolute Gasteiger partial charge is 0.497 e. The van der Waals surface area contributed by atoms with E-state index in [4.69, 9.17) is 30.0 Å². The van der Waals surface area contributed by atoms with Crippen molar-refractivity contribution in [3.63, 3.8) is 0 Å². The van der Waals surface area contributed by atoms with Crippen molar-refractivity contribution >= 4 is 69.9 Å². The molecule has 2 aliphatic rings. The maximum atomic E-state index is 14.0. The number of methoxy groups -OCH3 is 1. The average molecular weight is 886 g/mol. The second-order valence-electron chi connectivity index (χ2n) is 14.3. The Morgan fingerprint density at radius 2 is 1.87 bits per heavy atom. The number of H-pyrrole nitrogens is 1. The second-order valence-corrected chi connectivity index (χ2v) is 16.1. The van der Waals surface area contributed by atoms with Crippen LogP contribution < -0.4 is 31.0 Å². The zero-order valence-corrected chi connectivity index (χ0v) is 35.6. The molecule has 322 valence electrons. The summed E-state index contributed by atoms with van der Waals surface area (Å²) < 4.78 is 22.2. The lowest BCUT2D eigenvalue weighted by atomic mass is 10.0. The number of β-lactam (4-membered cyclic amide) rings is 1. The molecule has 6 N–H and O–H groups in total. The molecular formula is C39H41N12O9S2+.